The van der Waals surface area contributed by atoms with Crippen molar-refractivity contribution >= 4 is 18.6 Å². The topological polar surface area (TPSA) is 50.2 Å². The summed E-state index contributed by atoms with van der Waals surface area (Å²) in [5, 5.41) is 7.85. The molecular weight excluding hydrogens is 234 g/mol. The molecule has 1 unspecified atom stereocenters. The van der Waals surface area contributed by atoms with E-state index in [1.165, 1.54) is 0 Å². The summed E-state index contributed by atoms with van der Waals surface area (Å²) in [6.45, 7) is 0. The zero-order valence-corrected chi connectivity index (χ0v) is 10.00. The number of pyridine rings is 1. The fourth-order valence-corrected chi connectivity index (χ4v) is 1.26. The molecule has 3 nitrogen and oxygen atoms in total. The number of aliphatic carboxylic acids is 1. The number of hydrogen-bond acceptors (Lipinski definition) is 3. The second-order valence-corrected chi connectivity index (χ2v) is 3.69. The molecule has 88 valence electrons. The van der Waals surface area contributed by atoms with Gasteiger partial charge in [0.1, 0.15) is 5.25 Å². The molecule has 0 spiro atoms. The third-order valence-corrected chi connectivity index (χ3v) is 2.43. The van der Waals surface area contributed by atoms with Crippen LogP contribution in [0.4, 0.5) is 0 Å². The number of carbonyl (C=O) groups is 1. The van der Waals surface area contributed by atoms with E-state index >= 15 is 0 Å². The molecule has 2 aromatic rings. The number of rotatable bonds is 2. The molecule has 1 heterocycles. The maximum Gasteiger partial charge on any atom is 0.320 e. The van der Waals surface area contributed by atoms with E-state index < -0.39 is 11.2 Å². The average Bonchev–Trinajstić information content (AvgIpc) is 2.41. The molecule has 0 amide bonds. The number of benzene rings is 1. The van der Waals surface area contributed by atoms with E-state index in [0.29, 0.717) is 5.56 Å². The molecule has 0 aliphatic carbocycles. The number of thiol groups is 1. The van der Waals surface area contributed by atoms with Crippen LogP contribution in [0.1, 0.15) is 10.8 Å². The van der Waals surface area contributed by atoms with Crippen LogP contribution < -0.4 is 0 Å². The van der Waals surface area contributed by atoms with Crippen LogP contribution in [-0.4, -0.2) is 16.1 Å². The first kappa shape index (κ1) is 13.3. The number of carboxylic acids is 1. The van der Waals surface area contributed by atoms with Crippen molar-refractivity contribution in [3.8, 4) is 0 Å². The predicted molar refractivity (Wildman–Crippen MR) is 70.0 cm³/mol. The molecule has 0 fully saturated rings. The molecule has 1 aromatic heterocycles. The number of hydrogen-bond donors (Lipinski definition) is 2. The first-order valence-electron chi connectivity index (χ1n) is 5.02. The summed E-state index contributed by atoms with van der Waals surface area (Å²) in [4.78, 5) is 14.2. The van der Waals surface area contributed by atoms with E-state index in [-0.39, 0.29) is 0 Å². The van der Waals surface area contributed by atoms with Crippen LogP contribution in [0, 0.1) is 0 Å². The summed E-state index contributed by atoms with van der Waals surface area (Å²) in [5.74, 6) is -0.917. The Bertz CT molecular complexity index is 407. The SMILES string of the molecule is O=C(O)C(S)c1ccccc1.c1ccncc1. The minimum absolute atomic E-state index is 0.711. The molecule has 0 aliphatic heterocycles. The minimum Gasteiger partial charge on any atom is -0.480 e. The number of carboxylic acid groups (broad SMARTS) is 1. The lowest BCUT2D eigenvalue weighted by Gasteiger charge is -2.03. The van der Waals surface area contributed by atoms with Gasteiger partial charge in [-0.15, -0.1) is 0 Å². The van der Waals surface area contributed by atoms with Crippen LogP contribution >= 0.6 is 12.6 Å². The van der Waals surface area contributed by atoms with E-state index in [4.69, 9.17) is 5.11 Å². The molecule has 1 N–H and O–H groups in total. The Kier molecular flexibility index (Phi) is 5.82. The molecule has 17 heavy (non-hydrogen) atoms. The highest BCUT2D eigenvalue weighted by Crippen LogP contribution is 2.18. The minimum atomic E-state index is -0.917. The van der Waals surface area contributed by atoms with Crippen LogP contribution in [0.5, 0.6) is 0 Å². The van der Waals surface area contributed by atoms with Crippen LogP contribution in [-0.2, 0) is 4.79 Å². The Balaban J connectivity index is 0.000000202. The second-order valence-electron chi connectivity index (χ2n) is 3.18. The highest BCUT2D eigenvalue weighted by Gasteiger charge is 2.12. The van der Waals surface area contributed by atoms with Gasteiger partial charge in [0.05, 0.1) is 0 Å². The Morgan fingerprint density at radius 1 is 1.06 bits per heavy atom. The van der Waals surface area contributed by atoms with Gasteiger partial charge in [0.2, 0.25) is 0 Å². The molecule has 1 aromatic carbocycles. The summed E-state index contributed by atoms with van der Waals surface area (Å²) in [6.07, 6.45) is 3.50. The molecule has 4 heteroatoms. The number of nitrogens with zero attached hydrogens (tertiary/aromatic N) is 1. The lowest BCUT2D eigenvalue weighted by atomic mass is 10.1. The van der Waals surface area contributed by atoms with Crippen molar-refractivity contribution in [1.29, 1.82) is 0 Å². The van der Waals surface area contributed by atoms with Crippen LogP contribution in [0.3, 0.4) is 0 Å². The van der Waals surface area contributed by atoms with Gasteiger partial charge in [-0.2, -0.15) is 12.6 Å². The molecule has 2 rings (SSSR count). The maximum absolute atomic E-state index is 10.4. The van der Waals surface area contributed by atoms with Crippen molar-refractivity contribution in [2.45, 2.75) is 5.25 Å². The zero-order chi connectivity index (χ0) is 12.5. The lowest BCUT2D eigenvalue weighted by molar-refractivity contribution is -0.136. The van der Waals surface area contributed by atoms with Crippen molar-refractivity contribution in [2.75, 3.05) is 0 Å². The Labute approximate surface area is 106 Å². The number of aromatic nitrogens is 1. The largest absolute Gasteiger partial charge is 0.480 e. The highest BCUT2D eigenvalue weighted by molar-refractivity contribution is 7.81. The van der Waals surface area contributed by atoms with Crippen molar-refractivity contribution in [3.63, 3.8) is 0 Å². The van der Waals surface area contributed by atoms with Gasteiger partial charge in [-0.25, -0.2) is 0 Å². The Morgan fingerprint density at radius 3 is 1.94 bits per heavy atom. The fourth-order valence-electron chi connectivity index (χ4n) is 1.09. The normalized spacial score (nSPS) is 10.9. The summed E-state index contributed by atoms with van der Waals surface area (Å²) in [6, 6.07) is 14.6. The van der Waals surface area contributed by atoms with E-state index in [1.54, 1.807) is 36.7 Å². The monoisotopic (exact) mass is 247 g/mol. The van der Waals surface area contributed by atoms with Crippen molar-refractivity contribution in [1.82, 2.24) is 4.98 Å². The van der Waals surface area contributed by atoms with Gasteiger partial charge in [0, 0.05) is 12.4 Å². The third kappa shape index (κ3) is 5.17. The first-order chi connectivity index (χ1) is 8.22. The van der Waals surface area contributed by atoms with Crippen molar-refractivity contribution in [2.24, 2.45) is 0 Å². The molecule has 1 atom stereocenters. The average molecular weight is 247 g/mol. The van der Waals surface area contributed by atoms with Crippen molar-refractivity contribution in [3.05, 3.63) is 66.5 Å². The molecule has 0 saturated heterocycles. The Morgan fingerprint density at radius 2 is 1.59 bits per heavy atom. The van der Waals surface area contributed by atoms with Crippen molar-refractivity contribution < 1.29 is 9.90 Å². The summed E-state index contributed by atoms with van der Waals surface area (Å²) >= 11 is 3.91. The fraction of sp³-hybridized carbons (Fsp3) is 0.0769. The molecule has 0 bridgehead atoms. The quantitative estimate of drug-likeness (QED) is 0.802. The Hall–Kier alpha value is -1.81. The van der Waals surface area contributed by atoms with Gasteiger partial charge in [0.25, 0.3) is 0 Å². The molecule has 0 radical (unpaired) electrons. The van der Waals surface area contributed by atoms with Gasteiger partial charge >= 0.3 is 5.97 Å². The van der Waals surface area contributed by atoms with Gasteiger partial charge in [-0.3, -0.25) is 9.78 Å². The van der Waals surface area contributed by atoms with E-state index in [1.807, 2.05) is 24.3 Å². The van der Waals surface area contributed by atoms with Gasteiger partial charge in [0.15, 0.2) is 0 Å². The summed E-state index contributed by atoms with van der Waals surface area (Å²) < 4.78 is 0. The smallest absolute Gasteiger partial charge is 0.320 e. The summed E-state index contributed by atoms with van der Waals surface area (Å²) in [7, 11) is 0. The van der Waals surface area contributed by atoms with E-state index in [2.05, 4.69) is 17.6 Å². The third-order valence-electron chi connectivity index (χ3n) is 1.92. The zero-order valence-electron chi connectivity index (χ0n) is 9.10. The van der Waals surface area contributed by atoms with Gasteiger partial charge in [-0.1, -0.05) is 36.4 Å². The highest BCUT2D eigenvalue weighted by atomic mass is 32.1. The molecule has 0 aliphatic rings. The van der Waals surface area contributed by atoms with Gasteiger partial charge < -0.3 is 5.11 Å². The van der Waals surface area contributed by atoms with Crippen LogP contribution in [0.25, 0.3) is 0 Å². The van der Waals surface area contributed by atoms with Gasteiger partial charge in [-0.05, 0) is 17.7 Å². The van der Waals surface area contributed by atoms with E-state index in [0.717, 1.165) is 0 Å². The lowest BCUT2D eigenvalue weighted by Crippen LogP contribution is -2.04. The molecular formula is C13H13NO2S. The van der Waals surface area contributed by atoms with E-state index in [9.17, 15) is 4.79 Å². The van der Waals surface area contributed by atoms with Crippen LogP contribution in [0.2, 0.25) is 0 Å². The standard InChI is InChI=1S/C8H8O2S.C5H5N/c9-8(10)7(11)6-4-2-1-3-5-6;1-2-4-6-5-3-1/h1-5,7,11H,(H,9,10);1-5H. The van der Waals surface area contributed by atoms with Crippen LogP contribution in [0.15, 0.2) is 60.9 Å². The predicted octanol–water partition coefficient (Wildman–Crippen LogP) is 2.82. The maximum atomic E-state index is 10.4. The first-order valence-corrected chi connectivity index (χ1v) is 5.54. The molecule has 0 saturated carbocycles. The second kappa shape index (κ2) is 7.46. The summed E-state index contributed by atoms with van der Waals surface area (Å²) in [5.41, 5.74) is 0.711.